The van der Waals surface area contributed by atoms with Gasteiger partial charge in [-0.05, 0) is 24.8 Å². The highest BCUT2D eigenvalue weighted by molar-refractivity contribution is 5.89. The van der Waals surface area contributed by atoms with Crippen LogP contribution in [0, 0.1) is 17.6 Å². The molecule has 0 spiro atoms. The Balaban J connectivity index is 2.16. The average Bonchev–Trinajstić information content (AvgIpc) is 2.41. The Bertz CT molecular complexity index is 505. The molecule has 0 radical (unpaired) electrons. The van der Waals surface area contributed by atoms with E-state index in [1.54, 1.807) is 0 Å². The Morgan fingerprint density at radius 1 is 1.35 bits per heavy atom. The van der Waals surface area contributed by atoms with Crippen molar-refractivity contribution >= 4 is 11.7 Å². The molecule has 0 aliphatic heterocycles. The molecule has 2 rings (SSSR count). The van der Waals surface area contributed by atoms with Crippen molar-refractivity contribution in [3.8, 4) is 0 Å². The van der Waals surface area contributed by atoms with Gasteiger partial charge in [0.05, 0.1) is 11.3 Å². The standard InChI is InChI=1S/C15H19F2NO2/c1-2-9-4-3-5-10(6-9)18-14-7-11(15(19)20)12(16)8-13(14)17/h7-10,18H,2-6H2,1H3,(H,19,20). The Labute approximate surface area is 117 Å². The summed E-state index contributed by atoms with van der Waals surface area (Å²) in [6.07, 6.45) is 5.21. The van der Waals surface area contributed by atoms with E-state index >= 15 is 0 Å². The highest BCUT2D eigenvalue weighted by atomic mass is 19.1. The summed E-state index contributed by atoms with van der Waals surface area (Å²) in [5.41, 5.74) is -0.428. The molecule has 1 aliphatic carbocycles. The van der Waals surface area contributed by atoms with Crippen molar-refractivity contribution in [1.29, 1.82) is 0 Å². The number of halogens is 2. The first-order valence-corrected chi connectivity index (χ1v) is 7.00. The Kier molecular flexibility index (Phi) is 4.57. The van der Waals surface area contributed by atoms with Gasteiger partial charge in [0.1, 0.15) is 11.6 Å². The SMILES string of the molecule is CCC1CCCC(Nc2cc(C(=O)O)c(F)cc2F)C1. The summed E-state index contributed by atoms with van der Waals surface area (Å²) in [4.78, 5) is 10.9. The minimum Gasteiger partial charge on any atom is -0.478 e. The molecule has 2 N–H and O–H groups in total. The van der Waals surface area contributed by atoms with Crippen molar-refractivity contribution in [2.24, 2.45) is 5.92 Å². The second-order valence-electron chi connectivity index (χ2n) is 5.40. The summed E-state index contributed by atoms with van der Waals surface area (Å²) < 4.78 is 27.1. The lowest BCUT2D eigenvalue weighted by Gasteiger charge is -2.30. The van der Waals surface area contributed by atoms with Crippen molar-refractivity contribution in [3.05, 3.63) is 29.3 Å². The summed E-state index contributed by atoms with van der Waals surface area (Å²) in [6.45, 7) is 2.13. The quantitative estimate of drug-likeness (QED) is 0.876. The highest BCUT2D eigenvalue weighted by Gasteiger charge is 2.22. The molecule has 2 unspecified atom stereocenters. The number of rotatable bonds is 4. The predicted molar refractivity (Wildman–Crippen MR) is 73.0 cm³/mol. The fourth-order valence-electron chi connectivity index (χ4n) is 2.84. The molecule has 5 heteroatoms. The van der Waals surface area contributed by atoms with Crippen LogP contribution < -0.4 is 5.32 Å². The van der Waals surface area contributed by atoms with E-state index in [1.807, 2.05) is 0 Å². The molecule has 0 aromatic heterocycles. The van der Waals surface area contributed by atoms with Gasteiger partial charge in [-0.15, -0.1) is 0 Å². The maximum atomic E-state index is 13.7. The normalized spacial score (nSPS) is 22.6. The molecule has 20 heavy (non-hydrogen) atoms. The summed E-state index contributed by atoms with van der Waals surface area (Å²) in [6, 6.07) is 1.80. The van der Waals surface area contributed by atoms with E-state index in [2.05, 4.69) is 12.2 Å². The third-order valence-electron chi connectivity index (χ3n) is 4.01. The lowest BCUT2D eigenvalue weighted by molar-refractivity contribution is 0.0692. The minimum absolute atomic E-state index is 0.0746. The molecule has 3 nitrogen and oxygen atoms in total. The smallest absolute Gasteiger partial charge is 0.338 e. The molecule has 1 aromatic carbocycles. The average molecular weight is 283 g/mol. The van der Waals surface area contributed by atoms with E-state index in [9.17, 15) is 13.6 Å². The third kappa shape index (κ3) is 3.26. The van der Waals surface area contributed by atoms with Crippen LogP contribution in [0.1, 0.15) is 49.4 Å². The topological polar surface area (TPSA) is 49.3 Å². The highest BCUT2D eigenvalue weighted by Crippen LogP contribution is 2.30. The van der Waals surface area contributed by atoms with Crippen LogP contribution in [0.25, 0.3) is 0 Å². The Morgan fingerprint density at radius 2 is 2.10 bits per heavy atom. The van der Waals surface area contributed by atoms with Gasteiger partial charge in [-0.1, -0.05) is 26.2 Å². The van der Waals surface area contributed by atoms with Crippen molar-refractivity contribution < 1.29 is 18.7 Å². The second-order valence-corrected chi connectivity index (χ2v) is 5.40. The molecule has 0 bridgehead atoms. The van der Waals surface area contributed by atoms with E-state index in [0.717, 1.165) is 31.7 Å². The van der Waals surface area contributed by atoms with Crippen molar-refractivity contribution in [3.63, 3.8) is 0 Å². The number of benzene rings is 1. The fraction of sp³-hybridized carbons (Fsp3) is 0.533. The largest absolute Gasteiger partial charge is 0.478 e. The second kappa shape index (κ2) is 6.20. The van der Waals surface area contributed by atoms with Gasteiger partial charge in [0.25, 0.3) is 0 Å². The zero-order chi connectivity index (χ0) is 14.7. The molecule has 1 fully saturated rings. The van der Waals surface area contributed by atoms with E-state index in [1.165, 1.54) is 6.42 Å². The van der Waals surface area contributed by atoms with Crippen LogP contribution in [0.3, 0.4) is 0 Å². The lowest BCUT2D eigenvalue weighted by Crippen LogP contribution is -2.27. The number of aromatic carboxylic acids is 1. The van der Waals surface area contributed by atoms with Crippen LogP contribution >= 0.6 is 0 Å². The van der Waals surface area contributed by atoms with Crippen molar-refractivity contribution in [2.45, 2.75) is 45.1 Å². The van der Waals surface area contributed by atoms with E-state index in [0.29, 0.717) is 12.0 Å². The minimum atomic E-state index is -1.39. The summed E-state index contributed by atoms with van der Waals surface area (Å²) >= 11 is 0. The maximum Gasteiger partial charge on any atom is 0.338 e. The molecule has 1 aromatic rings. The fourth-order valence-corrected chi connectivity index (χ4v) is 2.84. The van der Waals surface area contributed by atoms with Gasteiger partial charge in [0.15, 0.2) is 0 Å². The maximum absolute atomic E-state index is 13.7. The van der Waals surface area contributed by atoms with E-state index < -0.39 is 23.2 Å². The molecular formula is C15H19F2NO2. The number of anilines is 1. The van der Waals surface area contributed by atoms with Crippen LogP contribution in [0.2, 0.25) is 0 Å². The van der Waals surface area contributed by atoms with Crippen LogP contribution in [-0.4, -0.2) is 17.1 Å². The summed E-state index contributed by atoms with van der Waals surface area (Å²) in [7, 11) is 0. The number of nitrogens with one attached hydrogen (secondary N) is 1. The number of carbonyl (C=O) groups is 1. The Hall–Kier alpha value is -1.65. The van der Waals surface area contributed by atoms with Gasteiger partial charge >= 0.3 is 5.97 Å². The van der Waals surface area contributed by atoms with E-state index in [4.69, 9.17) is 5.11 Å². The first-order valence-electron chi connectivity index (χ1n) is 7.00. The number of carboxylic acid groups (broad SMARTS) is 1. The van der Waals surface area contributed by atoms with Gasteiger partial charge in [0, 0.05) is 12.1 Å². The van der Waals surface area contributed by atoms with Crippen LogP contribution in [-0.2, 0) is 0 Å². The first-order chi connectivity index (χ1) is 9.51. The molecular weight excluding hydrogens is 264 g/mol. The van der Waals surface area contributed by atoms with Crippen molar-refractivity contribution in [2.75, 3.05) is 5.32 Å². The van der Waals surface area contributed by atoms with Gasteiger partial charge in [-0.3, -0.25) is 0 Å². The lowest BCUT2D eigenvalue weighted by atomic mass is 9.84. The molecule has 0 saturated heterocycles. The van der Waals surface area contributed by atoms with Crippen LogP contribution in [0.4, 0.5) is 14.5 Å². The molecule has 1 aliphatic rings. The number of carboxylic acids is 1. The van der Waals surface area contributed by atoms with E-state index in [-0.39, 0.29) is 11.7 Å². The summed E-state index contributed by atoms with van der Waals surface area (Å²) in [5.74, 6) is -2.56. The van der Waals surface area contributed by atoms with Crippen LogP contribution in [0.5, 0.6) is 0 Å². The zero-order valence-corrected chi connectivity index (χ0v) is 11.5. The molecule has 1 saturated carbocycles. The molecule has 2 atom stereocenters. The first kappa shape index (κ1) is 14.8. The van der Waals surface area contributed by atoms with Gasteiger partial charge in [-0.2, -0.15) is 0 Å². The zero-order valence-electron chi connectivity index (χ0n) is 11.5. The number of hydrogen-bond donors (Lipinski definition) is 2. The van der Waals surface area contributed by atoms with Crippen LogP contribution in [0.15, 0.2) is 12.1 Å². The van der Waals surface area contributed by atoms with Gasteiger partial charge in [-0.25, -0.2) is 13.6 Å². The number of hydrogen-bond acceptors (Lipinski definition) is 2. The molecule has 110 valence electrons. The molecule has 0 amide bonds. The third-order valence-corrected chi connectivity index (χ3v) is 4.01. The Morgan fingerprint density at radius 3 is 2.75 bits per heavy atom. The predicted octanol–water partition coefficient (Wildman–Crippen LogP) is 4.04. The molecule has 0 heterocycles. The van der Waals surface area contributed by atoms with Gasteiger partial charge in [0.2, 0.25) is 0 Å². The van der Waals surface area contributed by atoms with Crippen molar-refractivity contribution in [1.82, 2.24) is 0 Å². The summed E-state index contributed by atoms with van der Waals surface area (Å²) in [5, 5.41) is 11.9. The monoisotopic (exact) mass is 283 g/mol. The van der Waals surface area contributed by atoms with Gasteiger partial charge < -0.3 is 10.4 Å².